The van der Waals surface area contributed by atoms with Gasteiger partial charge in [-0.05, 0) is 19.8 Å². The molecular formula is C11H21F3N2. The maximum atomic E-state index is 12.4. The summed E-state index contributed by atoms with van der Waals surface area (Å²) in [5.74, 6) is 0. The summed E-state index contributed by atoms with van der Waals surface area (Å²) in [5.41, 5.74) is -0.184. The van der Waals surface area contributed by atoms with Gasteiger partial charge in [0.05, 0.1) is 6.54 Å². The Kier molecular flexibility index (Phi) is 4.23. The average Bonchev–Trinajstić information content (AvgIpc) is 2.16. The van der Waals surface area contributed by atoms with E-state index in [1.165, 1.54) is 0 Å². The van der Waals surface area contributed by atoms with E-state index >= 15 is 0 Å². The second-order valence-corrected chi connectivity index (χ2v) is 4.88. The third-order valence-electron chi connectivity index (χ3n) is 3.47. The zero-order chi connectivity index (χ0) is 12.4. The van der Waals surface area contributed by atoms with E-state index in [0.717, 1.165) is 12.8 Å². The van der Waals surface area contributed by atoms with Gasteiger partial charge < -0.3 is 5.32 Å². The van der Waals surface area contributed by atoms with E-state index < -0.39 is 12.7 Å². The minimum Gasteiger partial charge on any atom is -0.309 e. The molecule has 0 aromatic rings. The molecule has 0 aromatic carbocycles. The van der Waals surface area contributed by atoms with Crippen LogP contribution in [-0.2, 0) is 0 Å². The van der Waals surface area contributed by atoms with Gasteiger partial charge >= 0.3 is 6.18 Å². The minimum absolute atomic E-state index is 0.00116. The molecule has 1 saturated heterocycles. The quantitative estimate of drug-likeness (QED) is 0.812. The molecule has 0 bridgehead atoms. The Bertz CT molecular complexity index is 230. The highest BCUT2D eigenvalue weighted by atomic mass is 19.4. The molecule has 5 heteroatoms. The largest absolute Gasteiger partial charge is 0.401 e. The fourth-order valence-electron chi connectivity index (χ4n) is 2.18. The molecule has 2 unspecified atom stereocenters. The first-order valence-corrected chi connectivity index (χ1v) is 5.85. The van der Waals surface area contributed by atoms with Crippen LogP contribution in [0.15, 0.2) is 0 Å². The lowest BCUT2D eigenvalue weighted by atomic mass is 9.93. The van der Waals surface area contributed by atoms with Crippen LogP contribution in [0, 0.1) is 0 Å². The monoisotopic (exact) mass is 238 g/mol. The molecule has 0 spiro atoms. The van der Waals surface area contributed by atoms with Crippen molar-refractivity contribution in [2.75, 3.05) is 19.6 Å². The third-order valence-corrected chi connectivity index (χ3v) is 3.47. The number of hydrogen-bond donors (Lipinski definition) is 1. The number of piperazine rings is 1. The second-order valence-electron chi connectivity index (χ2n) is 4.88. The first kappa shape index (κ1) is 13.8. The lowest BCUT2D eigenvalue weighted by molar-refractivity contribution is -0.156. The van der Waals surface area contributed by atoms with Gasteiger partial charge in [-0.2, -0.15) is 13.2 Å². The van der Waals surface area contributed by atoms with Gasteiger partial charge in [0, 0.05) is 24.7 Å². The lowest BCUT2D eigenvalue weighted by Gasteiger charge is -2.46. The minimum atomic E-state index is -4.10. The maximum absolute atomic E-state index is 12.4. The van der Waals surface area contributed by atoms with Crippen molar-refractivity contribution in [3.05, 3.63) is 0 Å². The molecule has 0 amide bonds. The van der Waals surface area contributed by atoms with Gasteiger partial charge in [-0.25, -0.2) is 0 Å². The number of rotatable bonds is 3. The molecule has 1 aliphatic heterocycles. The molecular weight excluding hydrogens is 217 g/mol. The van der Waals surface area contributed by atoms with Crippen LogP contribution < -0.4 is 5.32 Å². The standard InChI is InChI=1S/C11H21F3N2/c1-4-9-6-15-10(3,5-2)7-16(9)8-11(12,13)14/h9,15H,4-8H2,1-3H3. The van der Waals surface area contributed by atoms with Crippen molar-refractivity contribution >= 4 is 0 Å². The van der Waals surface area contributed by atoms with Crippen molar-refractivity contribution in [2.45, 2.75) is 51.4 Å². The molecule has 0 aliphatic carbocycles. The van der Waals surface area contributed by atoms with Gasteiger partial charge in [0.15, 0.2) is 0 Å². The fourth-order valence-corrected chi connectivity index (χ4v) is 2.18. The van der Waals surface area contributed by atoms with Crippen LogP contribution in [0.25, 0.3) is 0 Å². The van der Waals surface area contributed by atoms with Crippen molar-refractivity contribution in [1.29, 1.82) is 0 Å². The van der Waals surface area contributed by atoms with Crippen LogP contribution in [0.5, 0.6) is 0 Å². The maximum Gasteiger partial charge on any atom is 0.401 e. The second kappa shape index (κ2) is 4.92. The Hall–Kier alpha value is -0.290. The van der Waals surface area contributed by atoms with Crippen molar-refractivity contribution in [3.8, 4) is 0 Å². The summed E-state index contributed by atoms with van der Waals surface area (Å²) in [5, 5.41) is 3.35. The molecule has 1 fully saturated rings. The number of alkyl halides is 3. The van der Waals surface area contributed by atoms with Gasteiger partial charge in [-0.3, -0.25) is 4.90 Å². The molecule has 1 aliphatic rings. The zero-order valence-corrected chi connectivity index (χ0v) is 10.2. The summed E-state index contributed by atoms with van der Waals surface area (Å²) >= 11 is 0. The first-order valence-electron chi connectivity index (χ1n) is 5.85. The molecule has 0 aromatic heterocycles. The van der Waals surface area contributed by atoms with Crippen LogP contribution in [0.2, 0.25) is 0 Å². The van der Waals surface area contributed by atoms with Crippen LogP contribution in [0.4, 0.5) is 13.2 Å². The molecule has 2 atom stereocenters. The number of nitrogens with one attached hydrogen (secondary N) is 1. The highest BCUT2D eigenvalue weighted by Gasteiger charge is 2.39. The molecule has 1 N–H and O–H groups in total. The van der Waals surface area contributed by atoms with Gasteiger partial charge in [0.25, 0.3) is 0 Å². The Labute approximate surface area is 95.2 Å². The van der Waals surface area contributed by atoms with Crippen LogP contribution in [0.3, 0.4) is 0 Å². The Morgan fingerprint density at radius 3 is 2.44 bits per heavy atom. The third kappa shape index (κ3) is 3.63. The van der Waals surface area contributed by atoms with Crippen LogP contribution in [0.1, 0.15) is 33.6 Å². The summed E-state index contributed by atoms with van der Waals surface area (Å²) in [7, 11) is 0. The summed E-state index contributed by atoms with van der Waals surface area (Å²) in [6.07, 6.45) is -2.50. The summed E-state index contributed by atoms with van der Waals surface area (Å²) in [4.78, 5) is 1.57. The Morgan fingerprint density at radius 2 is 2.00 bits per heavy atom. The summed E-state index contributed by atoms with van der Waals surface area (Å²) in [6, 6.07) is 0.00116. The predicted octanol–water partition coefficient (Wildman–Crippen LogP) is 2.40. The van der Waals surface area contributed by atoms with Crippen molar-refractivity contribution in [3.63, 3.8) is 0 Å². The molecule has 16 heavy (non-hydrogen) atoms. The molecule has 1 heterocycles. The van der Waals surface area contributed by atoms with Gasteiger partial charge in [-0.15, -0.1) is 0 Å². The number of hydrogen-bond acceptors (Lipinski definition) is 2. The normalized spacial score (nSPS) is 33.0. The molecule has 96 valence electrons. The highest BCUT2D eigenvalue weighted by molar-refractivity contribution is 4.94. The SMILES string of the molecule is CCC1CNC(C)(CC)CN1CC(F)(F)F. The van der Waals surface area contributed by atoms with Crippen molar-refractivity contribution in [1.82, 2.24) is 10.2 Å². The predicted molar refractivity (Wildman–Crippen MR) is 58.4 cm³/mol. The van der Waals surface area contributed by atoms with Crippen LogP contribution >= 0.6 is 0 Å². The smallest absolute Gasteiger partial charge is 0.309 e. The summed E-state index contributed by atoms with van der Waals surface area (Å²) < 4.78 is 37.3. The molecule has 1 rings (SSSR count). The summed E-state index contributed by atoms with van der Waals surface area (Å²) in [6.45, 7) is 6.26. The topological polar surface area (TPSA) is 15.3 Å². The molecule has 2 nitrogen and oxygen atoms in total. The Balaban J connectivity index is 2.68. The van der Waals surface area contributed by atoms with E-state index in [9.17, 15) is 13.2 Å². The van der Waals surface area contributed by atoms with E-state index in [0.29, 0.717) is 13.1 Å². The fraction of sp³-hybridized carbons (Fsp3) is 1.00. The van der Waals surface area contributed by atoms with Gasteiger partial charge in [0.2, 0.25) is 0 Å². The number of nitrogens with zero attached hydrogens (tertiary/aromatic N) is 1. The van der Waals surface area contributed by atoms with Gasteiger partial charge in [-0.1, -0.05) is 13.8 Å². The average molecular weight is 238 g/mol. The van der Waals surface area contributed by atoms with E-state index in [1.54, 1.807) is 4.90 Å². The van der Waals surface area contributed by atoms with E-state index in [4.69, 9.17) is 0 Å². The molecule has 0 saturated carbocycles. The van der Waals surface area contributed by atoms with Crippen molar-refractivity contribution < 1.29 is 13.2 Å². The lowest BCUT2D eigenvalue weighted by Crippen LogP contribution is -2.63. The van der Waals surface area contributed by atoms with E-state index in [-0.39, 0.29) is 11.6 Å². The van der Waals surface area contributed by atoms with E-state index in [1.807, 2.05) is 20.8 Å². The van der Waals surface area contributed by atoms with Crippen molar-refractivity contribution in [2.24, 2.45) is 0 Å². The van der Waals surface area contributed by atoms with E-state index in [2.05, 4.69) is 5.32 Å². The number of halogens is 3. The zero-order valence-electron chi connectivity index (χ0n) is 10.2. The Morgan fingerprint density at radius 1 is 1.38 bits per heavy atom. The van der Waals surface area contributed by atoms with Gasteiger partial charge in [0.1, 0.15) is 0 Å². The first-order chi connectivity index (χ1) is 7.29. The highest BCUT2D eigenvalue weighted by Crippen LogP contribution is 2.25. The van der Waals surface area contributed by atoms with Crippen LogP contribution in [-0.4, -0.2) is 42.3 Å². The molecule has 0 radical (unpaired) electrons.